The van der Waals surface area contributed by atoms with E-state index in [1.165, 1.54) is 0 Å². The van der Waals surface area contributed by atoms with E-state index in [4.69, 9.17) is 28.4 Å². The topological polar surface area (TPSA) is 144 Å². The van der Waals surface area contributed by atoms with Crippen LogP contribution in [0.1, 0.15) is 33.3 Å². The van der Waals surface area contributed by atoms with Gasteiger partial charge in [-0.2, -0.15) is 0 Å². The molecule has 0 amide bonds. The van der Waals surface area contributed by atoms with Crippen molar-refractivity contribution in [1.29, 1.82) is 0 Å². The molecule has 1 aliphatic rings. The molecule has 6 atom stereocenters. The lowest BCUT2D eigenvalue weighted by molar-refractivity contribution is -0.307. The number of hydrogen-bond acceptors (Lipinski definition) is 11. The molecule has 2 rings (SSSR count). The van der Waals surface area contributed by atoms with Crippen LogP contribution in [0.25, 0.3) is 0 Å². The number of esters is 4. The van der Waals surface area contributed by atoms with Crippen molar-refractivity contribution >= 4 is 23.9 Å². The maximum absolute atomic E-state index is 11.8. The molecular weight excluding hydrogens is 440 g/mol. The third kappa shape index (κ3) is 8.12. The molecule has 1 heterocycles. The molecule has 182 valence electrons. The number of aliphatic hydroxyl groups is 1. The van der Waals surface area contributed by atoms with Crippen LogP contribution < -0.4 is 0 Å². The van der Waals surface area contributed by atoms with Crippen LogP contribution in [0, 0.1) is 0 Å². The summed E-state index contributed by atoms with van der Waals surface area (Å²) in [6.07, 6.45) is -8.56. The molecule has 0 unspecified atom stereocenters. The van der Waals surface area contributed by atoms with Gasteiger partial charge in [0, 0.05) is 27.7 Å². The molecule has 1 N–H and O–H groups in total. The first-order chi connectivity index (χ1) is 15.6. The largest absolute Gasteiger partial charge is 0.457 e. The van der Waals surface area contributed by atoms with E-state index in [0.29, 0.717) is 0 Å². The van der Waals surface area contributed by atoms with Crippen molar-refractivity contribution in [3.63, 3.8) is 0 Å². The Kier molecular flexibility index (Phi) is 9.76. The summed E-state index contributed by atoms with van der Waals surface area (Å²) in [7, 11) is 0. The average molecular weight is 468 g/mol. The zero-order valence-corrected chi connectivity index (χ0v) is 18.8. The minimum atomic E-state index is -1.78. The quantitative estimate of drug-likeness (QED) is 0.403. The summed E-state index contributed by atoms with van der Waals surface area (Å²) in [4.78, 5) is 46.8. The van der Waals surface area contributed by atoms with Crippen molar-refractivity contribution in [3.05, 3.63) is 35.9 Å². The highest BCUT2D eigenvalue weighted by Gasteiger charge is 2.54. The van der Waals surface area contributed by atoms with Gasteiger partial charge in [-0.15, -0.1) is 0 Å². The predicted molar refractivity (Wildman–Crippen MR) is 109 cm³/mol. The highest BCUT2D eigenvalue weighted by molar-refractivity contribution is 5.68. The highest BCUT2D eigenvalue weighted by atomic mass is 16.7. The summed E-state index contributed by atoms with van der Waals surface area (Å²) < 4.78 is 32.1. The maximum atomic E-state index is 11.8. The molecule has 0 saturated carbocycles. The zero-order valence-electron chi connectivity index (χ0n) is 18.8. The Balaban J connectivity index is 2.32. The summed E-state index contributed by atoms with van der Waals surface area (Å²) in [5.41, 5.74) is 0.855. The van der Waals surface area contributed by atoms with E-state index in [1.54, 1.807) is 0 Å². The van der Waals surface area contributed by atoms with Crippen LogP contribution in [0.3, 0.4) is 0 Å². The fourth-order valence-corrected chi connectivity index (χ4v) is 3.40. The molecule has 0 spiro atoms. The minimum absolute atomic E-state index is 0.176. The second-order valence-corrected chi connectivity index (χ2v) is 7.36. The van der Waals surface area contributed by atoms with Crippen molar-refractivity contribution in [2.24, 2.45) is 0 Å². The maximum Gasteiger partial charge on any atom is 0.303 e. The van der Waals surface area contributed by atoms with Gasteiger partial charge < -0.3 is 33.5 Å². The number of benzene rings is 1. The third-order valence-corrected chi connectivity index (χ3v) is 4.53. The number of hydrogen-bond donors (Lipinski definition) is 1. The van der Waals surface area contributed by atoms with E-state index in [2.05, 4.69) is 0 Å². The van der Waals surface area contributed by atoms with Crippen LogP contribution in [-0.2, 0) is 54.2 Å². The monoisotopic (exact) mass is 468 g/mol. The van der Waals surface area contributed by atoms with Gasteiger partial charge in [0.25, 0.3) is 0 Å². The van der Waals surface area contributed by atoms with Gasteiger partial charge in [-0.3, -0.25) is 19.2 Å². The zero-order chi connectivity index (χ0) is 24.5. The SMILES string of the molecule is CC(=O)O[C@H]1[C@H](OC(C)=O)[C@@H]([C@H](COCc2ccccc2)OC(C)=O)O[C@@H](O)[C@@H]1OC(C)=O. The second kappa shape index (κ2) is 12.3. The summed E-state index contributed by atoms with van der Waals surface area (Å²) in [6, 6.07) is 9.19. The van der Waals surface area contributed by atoms with Gasteiger partial charge in [-0.25, -0.2) is 0 Å². The Morgan fingerprint density at radius 3 is 1.94 bits per heavy atom. The van der Waals surface area contributed by atoms with Gasteiger partial charge >= 0.3 is 23.9 Å². The molecule has 0 aromatic heterocycles. The number of aliphatic hydroxyl groups excluding tert-OH is 1. The summed E-state index contributed by atoms with van der Waals surface area (Å²) in [6.45, 7) is 4.43. The van der Waals surface area contributed by atoms with Gasteiger partial charge in [0.05, 0.1) is 13.2 Å². The van der Waals surface area contributed by atoms with Crippen molar-refractivity contribution in [2.75, 3.05) is 6.61 Å². The fraction of sp³-hybridized carbons (Fsp3) is 0.545. The fourth-order valence-electron chi connectivity index (χ4n) is 3.40. The first-order valence-electron chi connectivity index (χ1n) is 10.2. The lowest BCUT2D eigenvalue weighted by atomic mass is 9.94. The molecule has 1 aromatic rings. The molecular formula is C22H28O11. The normalized spacial score (nSPS) is 25.4. The Morgan fingerprint density at radius 1 is 0.848 bits per heavy atom. The molecule has 1 aliphatic heterocycles. The van der Waals surface area contributed by atoms with Gasteiger partial charge in [-0.05, 0) is 5.56 Å². The van der Waals surface area contributed by atoms with E-state index in [-0.39, 0.29) is 13.2 Å². The number of carbonyl (C=O) groups excluding carboxylic acids is 4. The first kappa shape index (κ1) is 26.2. The van der Waals surface area contributed by atoms with Crippen LogP contribution in [-0.4, -0.2) is 72.4 Å². The van der Waals surface area contributed by atoms with E-state index in [1.807, 2.05) is 30.3 Å². The van der Waals surface area contributed by atoms with E-state index in [0.717, 1.165) is 33.3 Å². The average Bonchev–Trinajstić information content (AvgIpc) is 2.71. The molecule has 0 radical (unpaired) electrons. The van der Waals surface area contributed by atoms with E-state index >= 15 is 0 Å². The van der Waals surface area contributed by atoms with Crippen molar-refractivity contribution in [1.82, 2.24) is 0 Å². The Bertz CT molecular complexity index is 825. The van der Waals surface area contributed by atoms with Crippen LogP contribution >= 0.6 is 0 Å². The lowest BCUT2D eigenvalue weighted by Crippen LogP contribution is -2.64. The van der Waals surface area contributed by atoms with Gasteiger partial charge in [-0.1, -0.05) is 30.3 Å². The lowest BCUT2D eigenvalue weighted by Gasteiger charge is -2.44. The number of carbonyl (C=O) groups is 4. The Morgan fingerprint density at radius 2 is 1.39 bits per heavy atom. The molecule has 1 saturated heterocycles. The molecule has 33 heavy (non-hydrogen) atoms. The second-order valence-electron chi connectivity index (χ2n) is 7.36. The smallest absolute Gasteiger partial charge is 0.303 e. The number of rotatable bonds is 9. The van der Waals surface area contributed by atoms with Crippen LogP contribution in [0.15, 0.2) is 30.3 Å². The van der Waals surface area contributed by atoms with Crippen molar-refractivity contribution in [2.45, 2.75) is 71.1 Å². The van der Waals surface area contributed by atoms with Crippen LogP contribution in [0.5, 0.6) is 0 Å². The van der Waals surface area contributed by atoms with Gasteiger partial charge in [0.2, 0.25) is 0 Å². The molecule has 1 aromatic carbocycles. The molecule has 11 nitrogen and oxygen atoms in total. The van der Waals surface area contributed by atoms with E-state index < -0.39 is 60.7 Å². The van der Waals surface area contributed by atoms with E-state index in [9.17, 15) is 24.3 Å². The van der Waals surface area contributed by atoms with Crippen LogP contribution in [0.4, 0.5) is 0 Å². The standard InChI is InChI=1S/C22H28O11/c1-12(23)29-17(11-28-10-16-8-6-5-7-9-16)18-19(30-13(2)24)20(31-14(3)25)21(22(27)33-18)32-15(4)26/h5-9,17-22,27H,10-11H2,1-4H3/t17-,18+,19+,20-,21+,22+/m0/s1. The predicted octanol–water partition coefficient (Wildman–Crippen LogP) is 0.647. The van der Waals surface area contributed by atoms with Crippen molar-refractivity contribution in [3.8, 4) is 0 Å². The summed E-state index contributed by atoms with van der Waals surface area (Å²) >= 11 is 0. The van der Waals surface area contributed by atoms with Gasteiger partial charge in [0.1, 0.15) is 6.10 Å². The molecule has 1 fully saturated rings. The molecule has 0 bridgehead atoms. The first-order valence-corrected chi connectivity index (χ1v) is 10.2. The molecule has 11 heteroatoms. The summed E-state index contributed by atoms with van der Waals surface area (Å²) in [5.74, 6) is -3.03. The Labute approximate surface area is 190 Å². The Hall–Kier alpha value is -3.02. The minimum Gasteiger partial charge on any atom is -0.457 e. The van der Waals surface area contributed by atoms with Crippen LogP contribution in [0.2, 0.25) is 0 Å². The third-order valence-electron chi connectivity index (χ3n) is 4.53. The van der Waals surface area contributed by atoms with Crippen molar-refractivity contribution < 1.29 is 52.7 Å². The van der Waals surface area contributed by atoms with Gasteiger partial charge in [0.15, 0.2) is 30.7 Å². The number of ether oxygens (including phenoxy) is 6. The molecule has 0 aliphatic carbocycles. The highest BCUT2D eigenvalue weighted by Crippen LogP contribution is 2.30. The summed E-state index contributed by atoms with van der Waals surface area (Å²) in [5, 5.41) is 10.5.